The van der Waals surface area contributed by atoms with Crippen LogP contribution >= 0.6 is 0 Å². The third-order valence-corrected chi connectivity index (χ3v) is 5.83. The van der Waals surface area contributed by atoms with Gasteiger partial charge in [0.05, 0.1) is 5.56 Å². The second kappa shape index (κ2) is 9.31. The summed E-state index contributed by atoms with van der Waals surface area (Å²) in [5.41, 5.74) is 3.61. The standard InChI is InChI=1S/C27H25N5O2/c1-18(2)24(27-30-25(31-34-27)20-12-14-28-15-13-20)29-26(33)22-17-32(16-19-8-4-3-5-9-19)23-11-7-6-10-21(22)23/h3-15,17-18,24H,16H2,1-2H3,(H,29,33). The summed E-state index contributed by atoms with van der Waals surface area (Å²) in [6.45, 7) is 4.71. The van der Waals surface area contributed by atoms with Gasteiger partial charge in [0.25, 0.3) is 5.91 Å². The highest BCUT2D eigenvalue weighted by atomic mass is 16.5. The predicted molar refractivity (Wildman–Crippen MR) is 130 cm³/mol. The second-order valence-electron chi connectivity index (χ2n) is 8.56. The molecule has 5 rings (SSSR count). The van der Waals surface area contributed by atoms with Gasteiger partial charge in [-0.05, 0) is 29.7 Å². The van der Waals surface area contributed by atoms with E-state index in [0.29, 0.717) is 23.8 Å². The van der Waals surface area contributed by atoms with Gasteiger partial charge in [0, 0.05) is 41.6 Å². The van der Waals surface area contributed by atoms with Crippen molar-refractivity contribution in [2.45, 2.75) is 26.4 Å². The third-order valence-electron chi connectivity index (χ3n) is 5.83. The Morgan fingerprint density at radius 3 is 2.50 bits per heavy atom. The Hall–Kier alpha value is -4.26. The molecule has 170 valence electrons. The van der Waals surface area contributed by atoms with E-state index in [1.807, 2.05) is 74.6 Å². The second-order valence-corrected chi connectivity index (χ2v) is 8.56. The molecule has 1 atom stereocenters. The van der Waals surface area contributed by atoms with Crippen molar-refractivity contribution in [3.8, 4) is 11.4 Å². The molecular weight excluding hydrogens is 426 g/mol. The Bertz CT molecular complexity index is 1410. The number of pyridine rings is 1. The van der Waals surface area contributed by atoms with Gasteiger partial charge < -0.3 is 14.4 Å². The first-order chi connectivity index (χ1) is 16.6. The van der Waals surface area contributed by atoms with Crippen LogP contribution in [0.2, 0.25) is 0 Å². The van der Waals surface area contributed by atoms with E-state index in [9.17, 15) is 4.79 Å². The van der Waals surface area contributed by atoms with Crippen molar-refractivity contribution in [2.24, 2.45) is 5.92 Å². The van der Waals surface area contributed by atoms with Crippen LogP contribution in [-0.2, 0) is 6.54 Å². The molecule has 0 fully saturated rings. The summed E-state index contributed by atoms with van der Waals surface area (Å²) in [5.74, 6) is 0.720. The summed E-state index contributed by atoms with van der Waals surface area (Å²) in [4.78, 5) is 22.0. The van der Waals surface area contributed by atoms with Gasteiger partial charge in [-0.1, -0.05) is 67.5 Å². The molecule has 0 aliphatic heterocycles. The summed E-state index contributed by atoms with van der Waals surface area (Å²) in [7, 11) is 0. The van der Waals surface area contributed by atoms with Crippen LogP contribution in [0.15, 0.2) is 89.8 Å². The molecule has 0 aliphatic rings. The maximum absolute atomic E-state index is 13.5. The van der Waals surface area contributed by atoms with Crippen LogP contribution in [0.1, 0.15) is 41.7 Å². The van der Waals surface area contributed by atoms with Crippen LogP contribution in [0, 0.1) is 5.92 Å². The van der Waals surface area contributed by atoms with Crippen molar-refractivity contribution >= 4 is 16.8 Å². The van der Waals surface area contributed by atoms with Gasteiger partial charge in [-0.25, -0.2) is 0 Å². The Kier molecular flexibility index (Phi) is 5.91. The number of carbonyl (C=O) groups excluding carboxylic acids is 1. The summed E-state index contributed by atoms with van der Waals surface area (Å²) in [5, 5.41) is 8.13. The van der Waals surface area contributed by atoms with Gasteiger partial charge >= 0.3 is 0 Å². The number of benzene rings is 2. The predicted octanol–water partition coefficient (Wildman–Crippen LogP) is 5.26. The largest absolute Gasteiger partial charge is 0.342 e. The smallest absolute Gasteiger partial charge is 0.254 e. The lowest BCUT2D eigenvalue weighted by molar-refractivity contribution is 0.0915. The molecule has 7 heteroatoms. The molecular formula is C27H25N5O2. The minimum Gasteiger partial charge on any atom is -0.342 e. The number of fused-ring (bicyclic) bond motifs is 1. The molecule has 1 N–H and O–H groups in total. The van der Waals surface area contributed by atoms with Crippen LogP contribution in [0.25, 0.3) is 22.3 Å². The summed E-state index contributed by atoms with van der Waals surface area (Å²) < 4.78 is 7.66. The van der Waals surface area contributed by atoms with Crippen LogP contribution < -0.4 is 5.32 Å². The first-order valence-electron chi connectivity index (χ1n) is 11.3. The van der Waals surface area contributed by atoms with Gasteiger partial charge in [-0.2, -0.15) is 4.98 Å². The van der Waals surface area contributed by atoms with Crippen molar-refractivity contribution in [2.75, 3.05) is 0 Å². The number of nitrogens with one attached hydrogen (secondary N) is 1. The lowest BCUT2D eigenvalue weighted by Gasteiger charge is -2.18. The fourth-order valence-corrected chi connectivity index (χ4v) is 4.05. The fraction of sp³-hybridized carbons (Fsp3) is 0.185. The lowest BCUT2D eigenvalue weighted by atomic mass is 10.0. The van der Waals surface area contributed by atoms with Crippen molar-refractivity contribution in [1.82, 2.24) is 25.0 Å². The number of carbonyl (C=O) groups is 1. The van der Waals surface area contributed by atoms with Gasteiger partial charge in [0.15, 0.2) is 0 Å². The van der Waals surface area contributed by atoms with Crippen LogP contribution in [0.3, 0.4) is 0 Å². The van der Waals surface area contributed by atoms with Gasteiger partial charge in [0.2, 0.25) is 11.7 Å². The van der Waals surface area contributed by atoms with Crippen LogP contribution in [0.4, 0.5) is 0 Å². The van der Waals surface area contributed by atoms with Gasteiger partial charge in [-0.15, -0.1) is 0 Å². The number of amides is 1. The monoisotopic (exact) mass is 451 g/mol. The molecule has 0 bridgehead atoms. The molecule has 0 spiro atoms. The SMILES string of the molecule is CC(C)C(NC(=O)c1cn(Cc2ccccc2)c2ccccc12)c1nc(-c2ccncc2)no1. The highest BCUT2D eigenvalue weighted by Gasteiger charge is 2.27. The van der Waals surface area contributed by atoms with Gasteiger partial charge in [0.1, 0.15) is 6.04 Å². The molecule has 7 nitrogen and oxygen atoms in total. The van der Waals surface area contributed by atoms with E-state index in [4.69, 9.17) is 4.52 Å². The van der Waals surface area contributed by atoms with E-state index < -0.39 is 6.04 Å². The number of aromatic nitrogens is 4. The maximum atomic E-state index is 13.5. The van der Waals surface area contributed by atoms with Gasteiger partial charge in [-0.3, -0.25) is 9.78 Å². The molecule has 2 aromatic carbocycles. The number of hydrogen-bond acceptors (Lipinski definition) is 5. The minimum absolute atomic E-state index is 0.0485. The Labute approximate surface area is 197 Å². The van der Waals surface area contributed by atoms with Crippen molar-refractivity contribution in [1.29, 1.82) is 0 Å². The van der Waals surface area contributed by atoms with E-state index >= 15 is 0 Å². The Balaban J connectivity index is 1.44. The van der Waals surface area contributed by atoms with Crippen LogP contribution in [-0.4, -0.2) is 25.6 Å². The van der Waals surface area contributed by atoms with E-state index in [1.54, 1.807) is 12.4 Å². The molecule has 0 aliphatic carbocycles. The fourth-order valence-electron chi connectivity index (χ4n) is 4.05. The van der Waals surface area contributed by atoms with E-state index in [0.717, 1.165) is 16.5 Å². The Morgan fingerprint density at radius 2 is 1.74 bits per heavy atom. The molecule has 1 unspecified atom stereocenters. The first-order valence-corrected chi connectivity index (χ1v) is 11.3. The van der Waals surface area contributed by atoms with E-state index in [2.05, 4.69) is 37.1 Å². The highest BCUT2D eigenvalue weighted by molar-refractivity contribution is 6.07. The maximum Gasteiger partial charge on any atom is 0.254 e. The van der Waals surface area contributed by atoms with E-state index in [-0.39, 0.29) is 11.8 Å². The number of rotatable bonds is 7. The average Bonchev–Trinajstić information content (AvgIpc) is 3.49. The molecule has 3 heterocycles. The number of para-hydroxylation sites is 1. The lowest BCUT2D eigenvalue weighted by Crippen LogP contribution is -2.32. The molecule has 0 radical (unpaired) electrons. The molecule has 34 heavy (non-hydrogen) atoms. The van der Waals surface area contributed by atoms with Crippen LogP contribution in [0.5, 0.6) is 0 Å². The molecule has 0 saturated carbocycles. The van der Waals surface area contributed by atoms with Crippen molar-refractivity contribution < 1.29 is 9.32 Å². The van der Waals surface area contributed by atoms with E-state index in [1.165, 1.54) is 5.56 Å². The summed E-state index contributed by atoms with van der Waals surface area (Å²) in [6, 6.07) is 21.4. The van der Waals surface area contributed by atoms with Crippen molar-refractivity contribution in [3.05, 3.63) is 102 Å². The molecule has 5 aromatic rings. The topological polar surface area (TPSA) is 85.8 Å². The average molecular weight is 452 g/mol. The zero-order chi connectivity index (χ0) is 23.5. The first kappa shape index (κ1) is 21.6. The third kappa shape index (κ3) is 4.32. The molecule has 3 aromatic heterocycles. The zero-order valence-corrected chi connectivity index (χ0v) is 19.1. The molecule has 1 amide bonds. The summed E-state index contributed by atoms with van der Waals surface area (Å²) >= 11 is 0. The minimum atomic E-state index is -0.424. The Morgan fingerprint density at radius 1 is 1.00 bits per heavy atom. The zero-order valence-electron chi connectivity index (χ0n) is 19.1. The number of nitrogens with zero attached hydrogens (tertiary/aromatic N) is 4. The highest BCUT2D eigenvalue weighted by Crippen LogP contribution is 2.26. The van der Waals surface area contributed by atoms with Crippen molar-refractivity contribution in [3.63, 3.8) is 0 Å². The quantitative estimate of drug-likeness (QED) is 0.365. The molecule has 0 saturated heterocycles. The normalized spacial score (nSPS) is 12.2. The number of hydrogen-bond donors (Lipinski definition) is 1. The summed E-state index contributed by atoms with van der Waals surface area (Å²) in [6.07, 6.45) is 5.27.